The lowest BCUT2D eigenvalue weighted by Gasteiger charge is -2.29. The molecule has 0 N–H and O–H groups in total. The number of anilines is 3. The first kappa shape index (κ1) is 30.8. The molecule has 0 spiro atoms. The molecule has 0 saturated carbocycles. The van der Waals surface area contributed by atoms with Gasteiger partial charge in [0.05, 0.1) is 11.1 Å². The van der Waals surface area contributed by atoms with Gasteiger partial charge in [-0.25, -0.2) is 0 Å². The van der Waals surface area contributed by atoms with Crippen LogP contribution in [-0.4, -0.2) is 0 Å². The molecular formula is C51H35NO2. The van der Waals surface area contributed by atoms with Crippen LogP contribution in [0.3, 0.4) is 0 Å². The Morgan fingerprint density at radius 1 is 0.389 bits per heavy atom. The summed E-state index contributed by atoms with van der Waals surface area (Å²) in [6, 6.07) is 62.9. The van der Waals surface area contributed by atoms with E-state index in [1.54, 1.807) is 0 Å². The number of hydrogen-bond donors (Lipinski definition) is 0. The maximum atomic E-state index is 6.73. The smallest absolute Gasteiger partial charge is 0.137 e. The van der Waals surface area contributed by atoms with Gasteiger partial charge < -0.3 is 13.7 Å². The van der Waals surface area contributed by atoms with Gasteiger partial charge in [0, 0.05) is 32.9 Å². The number of furan rings is 2. The molecule has 11 rings (SSSR count). The Morgan fingerprint density at radius 3 is 1.81 bits per heavy atom. The molecule has 54 heavy (non-hydrogen) atoms. The molecule has 2 aromatic heterocycles. The standard InChI is InChI=1S/C51H35NO2/c1-51(2)43-20-10-9-19-38(43)39-25-24-37(29-44(39)51)52(36-18-11-17-34(27-36)32-13-5-3-6-14-32)45-21-12-22-47-50(45)42-31-48-41(30-49(42)54-47)40-28-35(23-26-46(40)53-48)33-15-7-4-8-16-33/h3-31H,1-2H3. The first-order chi connectivity index (χ1) is 26.5. The van der Waals surface area contributed by atoms with Gasteiger partial charge >= 0.3 is 0 Å². The topological polar surface area (TPSA) is 29.5 Å². The monoisotopic (exact) mass is 693 g/mol. The van der Waals surface area contributed by atoms with Crippen LogP contribution < -0.4 is 4.90 Å². The molecule has 0 fully saturated rings. The number of nitrogens with zero attached hydrogens (tertiary/aromatic N) is 1. The highest BCUT2D eigenvalue weighted by Gasteiger charge is 2.36. The maximum Gasteiger partial charge on any atom is 0.137 e. The van der Waals surface area contributed by atoms with Crippen LogP contribution in [0.4, 0.5) is 17.1 Å². The molecule has 0 radical (unpaired) electrons. The number of rotatable bonds is 5. The third-order valence-corrected chi connectivity index (χ3v) is 11.4. The van der Waals surface area contributed by atoms with E-state index >= 15 is 0 Å². The van der Waals surface area contributed by atoms with Gasteiger partial charge in [0.15, 0.2) is 0 Å². The molecule has 1 aliphatic rings. The van der Waals surface area contributed by atoms with E-state index in [9.17, 15) is 0 Å². The van der Waals surface area contributed by atoms with Gasteiger partial charge in [0.1, 0.15) is 22.3 Å². The van der Waals surface area contributed by atoms with Crippen molar-refractivity contribution in [2.45, 2.75) is 19.3 Å². The van der Waals surface area contributed by atoms with E-state index in [2.05, 4.69) is 189 Å². The molecule has 0 saturated heterocycles. The van der Waals surface area contributed by atoms with Gasteiger partial charge in [0.2, 0.25) is 0 Å². The third kappa shape index (κ3) is 4.61. The van der Waals surface area contributed by atoms with E-state index in [4.69, 9.17) is 8.83 Å². The molecular weight excluding hydrogens is 659 g/mol. The summed E-state index contributed by atoms with van der Waals surface area (Å²) in [5.74, 6) is 0. The van der Waals surface area contributed by atoms with E-state index in [1.807, 2.05) is 6.07 Å². The van der Waals surface area contributed by atoms with Crippen molar-refractivity contribution in [2.75, 3.05) is 4.90 Å². The van der Waals surface area contributed by atoms with Crippen molar-refractivity contribution in [1.82, 2.24) is 0 Å². The predicted octanol–water partition coefficient (Wildman–Crippen LogP) is 14.6. The summed E-state index contributed by atoms with van der Waals surface area (Å²) in [4.78, 5) is 2.40. The first-order valence-corrected chi connectivity index (χ1v) is 18.6. The van der Waals surface area contributed by atoms with Crippen LogP contribution in [0.1, 0.15) is 25.0 Å². The Labute approximate surface area is 313 Å². The fraction of sp³-hybridized carbons (Fsp3) is 0.0588. The highest BCUT2D eigenvalue weighted by atomic mass is 16.3. The molecule has 8 aromatic carbocycles. The summed E-state index contributed by atoms with van der Waals surface area (Å²) in [5, 5.41) is 4.19. The lowest BCUT2D eigenvalue weighted by Crippen LogP contribution is -2.16. The second-order valence-electron chi connectivity index (χ2n) is 14.9. The highest BCUT2D eigenvalue weighted by Crippen LogP contribution is 2.52. The Bertz CT molecular complexity index is 3080. The largest absolute Gasteiger partial charge is 0.456 e. The highest BCUT2D eigenvalue weighted by molar-refractivity contribution is 6.19. The average molecular weight is 694 g/mol. The van der Waals surface area contributed by atoms with Crippen molar-refractivity contribution in [1.29, 1.82) is 0 Å². The SMILES string of the molecule is CC1(C)c2ccccc2-c2ccc(N(c3cccc(-c4ccccc4)c3)c3cccc4oc5cc6c(cc5c34)oc3ccc(-c4ccccc4)cc36)cc21. The number of fused-ring (bicyclic) bond motifs is 9. The molecule has 3 nitrogen and oxygen atoms in total. The zero-order chi connectivity index (χ0) is 36.0. The molecule has 0 unspecified atom stereocenters. The summed E-state index contributed by atoms with van der Waals surface area (Å²) in [7, 11) is 0. The van der Waals surface area contributed by atoms with E-state index in [-0.39, 0.29) is 5.41 Å². The van der Waals surface area contributed by atoms with Crippen LogP contribution in [0.15, 0.2) is 185 Å². The molecule has 256 valence electrons. The van der Waals surface area contributed by atoms with Crippen LogP contribution in [0, 0.1) is 0 Å². The second-order valence-corrected chi connectivity index (χ2v) is 14.9. The van der Waals surface area contributed by atoms with Gasteiger partial charge in [0.25, 0.3) is 0 Å². The van der Waals surface area contributed by atoms with E-state index in [1.165, 1.54) is 33.4 Å². The Hall–Kier alpha value is -6.84. The van der Waals surface area contributed by atoms with Crippen molar-refractivity contribution in [2.24, 2.45) is 0 Å². The van der Waals surface area contributed by atoms with Gasteiger partial charge in [-0.1, -0.05) is 129 Å². The van der Waals surface area contributed by atoms with Crippen molar-refractivity contribution >= 4 is 60.9 Å². The lowest BCUT2D eigenvalue weighted by molar-refractivity contribution is 0.660. The van der Waals surface area contributed by atoms with Crippen LogP contribution >= 0.6 is 0 Å². The maximum absolute atomic E-state index is 6.73. The number of benzene rings is 8. The van der Waals surface area contributed by atoms with Crippen LogP contribution in [0.2, 0.25) is 0 Å². The van der Waals surface area contributed by atoms with Gasteiger partial charge in [-0.15, -0.1) is 0 Å². The minimum absolute atomic E-state index is 0.138. The van der Waals surface area contributed by atoms with Crippen LogP contribution in [0.25, 0.3) is 77.3 Å². The fourth-order valence-corrected chi connectivity index (χ4v) is 8.79. The molecule has 2 heterocycles. The quantitative estimate of drug-likeness (QED) is 0.180. The van der Waals surface area contributed by atoms with E-state index in [0.29, 0.717) is 0 Å². The summed E-state index contributed by atoms with van der Waals surface area (Å²) < 4.78 is 13.3. The lowest BCUT2D eigenvalue weighted by atomic mass is 9.82. The molecule has 0 atom stereocenters. The fourth-order valence-electron chi connectivity index (χ4n) is 8.79. The summed E-state index contributed by atoms with van der Waals surface area (Å²) in [6.45, 7) is 4.68. The Kier molecular flexibility index (Phi) is 6.60. The van der Waals surface area contributed by atoms with Crippen LogP contribution in [0.5, 0.6) is 0 Å². The molecule has 0 amide bonds. The minimum atomic E-state index is -0.138. The van der Waals surface area contributed by atoms with Crippen molar-refractivity contribution in [3.05, 3.63) is 187 Å². The zero-order valence-corrected chi connectivity index (χ0v) is 30.0. The third-order valence-electron chi connectivity index (χ3n) is 11.4. The predicted molar refractivity (Wildman–Crippen MR) is 224 cm³/mol. The normalized spacial score (nSPS) is 13.1. The van der Waals surface area contributed by atoms with Gasteiger partial charge in [-0.05, 0) is 105 Å². The number of hydrogen-bond acceptors (Lipinski definition) is 3. The molecule has 1 aliphatic carbocycles. The van der Waals surface area contributed by atoms with E-state index in [0.717, 1.165) is 72.1 Å². The van der Waals surface area contributed by atoms with Crippen molar-refractivity contribution < 1.29 is 8.83 Å². The van der Waals surface area contributed by atoms with E-state index < -0.39 is 0 Å². The summed E-state index contributed by atoms with van der Waals surface area (Å²) >= 11 is 0. The summed E-state index contributed by atoms with van der Waals surface area (Å²) in [5.41, 5.74) is 16.4. The average Bonchev–Trinajstić information content (AvgIpc) is 3.84. The zero-order valence-electron chi connectivity index (χ0n) is 30.0. The Morgan fingerprint density at radius 2 is 1.00 bits per heavy atom. The molecule has 10 aromatic rings. The van der Waals surface area contributed by atoms with Crippen molar-refractivity contribution in [3.63, 3.8) is 0 Å². The second kappa shape index (κ2) is 11.6. The minimum Gasteiger partial charge on any atom is -0.456 e. The molecule has 0 bridgehead atoms. The molecule has 3 heteroatoms. The summed E-state index contributed by atoms with van der Waals surface area (Å²) in [6.07, 6.45) is 0. The Balaban J connectivity index is 1.14. The van der Waals surface area contributed by atoms with Gasteiger partial charge in [-0.3, -0.25) is 0 Å². The van der Waals surface area contributed by atoms with Gasteiger partial charge in [-0.2, -0.15) is 0 Å². The van der Waals surface area contributed by atoms with Crippen molar-refractivity contribution in [3.8, 4) is 33.4 Å². The molecule has 0 aliphatic heterocycles. The first-order valence-electron chi connectivity index (χ1n) is 18.6. The van der Waals surface area contributed by atoms with Crippen LogP contribution in [-0.2, 0) is 5.41 Å².